The maximum Gasteiger partial charge on any atom is 0.306 e. The van der Waals surface area contributed by atoms with E-state index in [9.17, 15) is 14.4 Å². The molecule has 0 N–H and O–H groups in total. The fourth-order valence-corrected chi connectivity index (χ4v) is 10.7. The van der Waals surface area contributed by atoms with E-state index in [-0.39, 0.29) is 31.1 Å². The second-order valence-electron chi connectivity index (χ2n) is 23.8. The van der Waals surface area contributed by atoms with Gasteiger partial charge in [-0.1, -0.05) is 328 Å². The van der Waals surface area contributed by atoms with Crippen LogP contribution in [0.3, 0.4) is 0 Å². The highest BCUT2D eigenvalue weighted by Crippen LogP contribution is 2.18. The molecule has 0 rings (SSSR count). The average Bonchev–Trinajstić information content (AvgIpc) is 3.43. The number of allylic oxidation sites excluding steroid dienone is 4. The topological polar surface area (TPSA) is 78.9 Å². The molecule has 6 nitrogen and oxygen atoms in total. The smallest absolute Gasteiger partial charge is 0.306 e. The molecule has 0 bridgehead atoms. The maximum absolute atomic E-state index is 12.9. The maximum atomic E-state index is 12.9. The van der Waals surface area contributed by atoms with Crippen LogP contribution >= 0.6 is 0 Å². The van der Waals surface area contributed by atoms with Crippen molar-refractivity contribution in [1.29, 1.82) is 0 Å². The molecule has 1 atom stereocenters. The van der Waals surface area contributed by atoms with E-state index in [4.69, 9.17) is 14.2 Å². The summed E-state index contributed by atoms with van der Waals surface area (Å²) < 4.78 is 17.0. The minimum absolute atomic E-state index is 0.0693. The predicted molar refractivity (Wildman–Crippen MR) is 335 cm³/mol. The Morgan fingerprint density at radius 1 is 0.247 bits per heavy atom. The molecule has 0 aliphatic carbocycles. The molecule has 6 heteroatoms. The molecule has 0 amide bonds. The van der Waals surface area contributed by atoms with Crippen molar-refractivity contribution in [3.05, 3.63) is 24.3 Å². The lowest BCUT2D eigenvalue weighted by atomic mass is 10.0. The first-order valence-electron chi connectivity index (χ1n) is 34.8. The van der Waals surface area contributed by atoms with Crippen molar-refractivity contribution in [2.75, 3.05) is 13.2 Å². The summed E-state index contributed by atoms with van der Waals surface area (Å²) in [6.45, 7) is 6.70. The molecular weight excluding hydrogens is 949 g/mol. The summed E-state index contributed by atoms with van der Waals surface area (Å²) in [5, 5.41) is 0. The van der Waals surface area contributed by atoms with Gasteiger partial charge in [0.05, 0.1) is 0 Å². The molecule has 0 heterocycles. The van der Waals surface area contributed by atoms with Crippen molar-refractivity contribution in [3.63, 3.8) is 0 Å². The van der Waals surface area contributed by atoms with E-state index in [0.717, 1.165) is 64.2 Å². The quantitative estimate of drug-likeness (QED) is 0.0261. The van der Waals surface area contributed by atoms with Crippen molar-refractivity contribution in [2.24, 2.45) is 0 Å². The van der Waals surface area contributed by atoms with Crippen molar-refractivity contribution >= 4 is 17.9 Å². The molecule has 0 fully saturated rings. The van der Waals surface area contributed by atoms with E-state index < -0.39 is 6.10 Å². The SMILES string of the molecule is CCCCCCC/C=C\CCCCCCCC(=O)OCC(COC(=O)CCCCCCCCCCCCCCCCCCCCCCCCCCCC)OC(=O)CCCCCCCCCCC/C=C\CCCCCCCC. The summed E-state index contributed by atoms with van der Waals surface area (Å²) in [5.74, 6) is -0.851. The zero-order valence-corrected chi connectivity index (χ0v) is 52.3. The molecule has 1 unspecified atom stereocenters. The Morgan fingerprint density at radius 3 is 0.649 bits per heavy atom. The van der Waals surface area contributed by atoms with E-state index in [0.29, 0.717) is 19.3 Å². The van der Waals surface area contributed by atoms with E-state index >= 15 is 0 Å². The lowest BCUT2D eigenvalue weighted by Crippen LogP contribution is -2.30. The lowest BCUT2D eigenvalue weighted by molar-refractivity contribution is -0.167. The molecule has 0 aromatic heterocycles. The highest BCUT2D eigenvalue weighted by molar-refractivity contribution is 5.71. The first kappa shape index (κ1) is 74.9. The zero-order chi connectivity index (χ0) is 55.7. The standard InChI is InChI=1S/C71H134O6/c1-4-7-10-13-16-19-22-25-28-30-32-33-34-35-36-37-38-40-41-43-46-49-52-55-58-61-64-70(73)76-67-68(66-75-69(72)63-60-57-54-51-48-45-27-24-21-18-15-12-9-6-3)77-71(74)65-62-59-56-53-50-47-44-42-39-31-29-26-23-20-17-14-11-8-5-2/h24,26-27,29,68H,4-23,25,28,30-67H2,1-3H3/b27-24-,29-26-. The molecule has 0 radical (unpaired) electrons. The van der Waals surface area contributed by atoms with Gasteiger partial charge in [-0.3, -0.25) is 14.4 Å². The molecule has 0 aromatic rings. The van der Waals surface area contributed by atoms with Crippen LogP contribution in [0.5, 0.6) is 0 Å². The van der Waals surface area contributed by atoms with Crippen molar-refractivity contribution < 1.29 is 28.6 Å². The number of unbranched alkanes of at least 4 members (excludes halogenated alkanes) is 50. The Labute approximate surface area is 481 Å². The van der Waals surface area contributed by atoms with Crippen LogP contribution in [0.4, 0.5) is 0 Å². The summed E-state index contributed by atoms with van der Waals surface area (Å²) in [7, 11) is 0. The molecule has 0 aliphatic rings. The van der Waals surface area contributed by atoms with Crippen LogP contribution < -0.4 is 0 Å². The molecule has 0 saturated carbocycles. The third-order valence-electron chi connectivity index (χ3n) is 15.9. The van der Waals surface area contributed by atoms with Crippen molar-refractivity contribution in [1.82, 2.24) is 0 Å². The monoisotopic (exact) mass is 1080 g/mol. The highest BCUT2D eigenvalue weighted by Gasteiger charge is 2.19. The van der Waals surface area contributed by atoms with Crippen LogP contribution in [0.2, 0.25) is 0 Å². The average molecular weight is 1080 g/mol. The summed E-state index contributed by atoms with van der Waals surface area (Å²) in [6, 6.07) is 0. The number of carbonyl (C=O) groups is 3. The van der Waals surface area contributed by atoms with Gasteiger partial charge in [0.25, 0.3) is 0 Å². The van der Waals surface area contributed by atoms with Gasteiger partial charge in [-0.15, -0.1) is 0 Å². The van der Waals surface area contributed by atoms with Gasteiger partial charge < -0.3 is 14.2 Å². The molecule has 0 aromatic carbocycles. The van der Waals surface area contributed by atoms with Crippen LogP contribution in [0.15, 0.2) is 24.3 Å². The first-order valence-corrected chi connectivity index (χ1v) is 34.8. The van der Waals surface area contributed by atoms with Gasteiger partial charge >= 0.3 is 17.9 Å². The minimum Gasteiger partial charge on any atom is -0.462 e. The first-order chi connectivity index (χ1) is 38.0. The van der Waals surface area contributed by atoms with E-state index in [1.807, 2.05) is 0 Å². The van der Waals surface area contributed by atoms with Gasteiger partial charge in [0.1, 0.15) is 13.2 Å². The molecule has 0 spiro atoms. The normalized spacial score (nSPS) is 12.1. The Kier molecular flexibility index (Phi) is 64.6. The third kappa shape index (κ3) is 64.6. The Balaban J connectivity index is 4.22. The van der Waals surface area contributed by atoms with Gasteiger partial charge in [-0.25, -0.2) is 0 Å². The number of rotatable bonds is 65. The number of carbonyl (C=O) groups excluding carboxylic acids is 3. The van der Waals surface area contributed by atoms with Crippen LogP contribution in [0.1, 0.15) is 393 Å². The zero-order valence-electron chi connectivity index (χ0n) is 52.3. The van der Waals surface area contributed by atoms with Crippen LogP contribution in [0.25, 0.3) is 0 Å². The number of hydrogen-bond acceptors (Lipinski definition) is 6. The van der Waals surface area contributed by atoms with Crippen molar-refractivity contribution in [3.8, 4) is 0 Å². The molecule has 0 saturated heterocycles. The largest absolute Gasteiger partial charge is 0.462 e. The van der Waals surface area contributed by atoms with Gasteiger partial charge in [-0.05, 0) is 70.6 Å². The second-order valence-corrected chi connectivity index (χ2v) is 23.8. The summed E-state index contributed by atoms with van der Waals surface area (Å²) in [4.78, 5) is 38.4. The molecule has 0 aliphatic heterocycles. The molecule has 77 heavy (non-hydrogen) atoms. The van der Waals surface area contributed by atoms with Crippen molar-refractivity contribution in [2.45, 2.75) is 399 Å². The third-order valence-corrected chi connectivity index (χ3v) is 15.9. The van der Waals surface area contributed by atoms with E-state index in [1.165, 1.54) is 289 Å². The van der Waals surface area contributed by atoms with Crippen LogP contribution in [-0.2, 0) is 28.6 Å². The Bertz CT molecular complexity index is 1240. The second kappa shape index (κ2) is 66.4. The van der Waals surface area contributed by atoms with Gasteiger partial charge in [-0.2, -0.15) is 0 Å². The number of esters is 3. The Hall–Kier alpha value is -2.11. The molecular formula is C71H134O6. The predicted octanol–water partition coefficient (Wildman–Crippen LogP) is 23.8. The van der Waals surface area contributed by atoms with Crippen LogP contribution in [-0.4, -0.2) is 37.2 Å². The van der Waals surface area contributed by atoms with Gasteiger partial charge in [0, 0.05) is 19.3 Å². The van der Waals surface area contributed by atoms with Gasteiger partial charge in [0.2, 0.25) is 0 Å². The highest BCUT2D eigenvalue weighted by atomic mass is 16.6. The summed E-state index contributed by atoms with van der Waals surface area (Å²) >= 11 is 0. The van der Waals surface area contributed by atoms with E-state index in [2.05, 4.69) is 45.1 Å². The summed E-state index contributed by atoms with van der Waals surface area (Å²) in [5.41, 5.74) is 0. The molecule has 454 valence electrons. The number of hydrogen-bond donors (Lipinski definition) is 0. The van der Waals surface area contributed by atoms with Crippen LogP contribution in [0, 0.1) is 0 Å². The van der Waals surface area contributed by atoms with Gasteiger partial charge in [0.15, 0.2) is 6.10 Å². The Morgan fingerprint density at radius 2 is 0.429 bits per heavy atom. The lowest BCUT2D eigenvalue weighted by Gasteiger charge is -2.18. The fourth-order valence-electron chi connectivity index (χ4n) is 10.7. The summed E-state index contributed by atoms with van der Waals surface area (Å²) in [6.07, 6.45) is 80.6. The van der Waals surface area contributed by atoms with E-state index in [1.54, 1.807) is 0 Å². The minimum atomic E-state index is -0.774. The fraction of sp³-hybridized carbons (Fsp3) is 0.901. The number of ether oxygens (including phenoxy) is 3.